The molecule has 2 rings (SSSR count). The highest BCUT2D eigenvalue weighted by Crippen LogP contribution is 2.43. The molecule has 0 unspecified atom stereocenters. The Kier molecular flexibility index (Phi) is 4.34. The van der Waals surface area contributed by atoms with Gasteiger partial charge in [0.15, 0.2) is 0 Å². The molecule has 0 aromatic heterocycles. The zero-order valence-electron chi connectivity index (χ0n) is 11.5. The van der Waals surface area contributed by atoms with Crippen LogP contribution in [-0.2, 0) is 0 Å². The maximum atomic E-state index is 10.9. The number of non-ortho nitro benzene ring substituents is 1. The molecule has 116 valence electrons. The fraction of sp³-hybridized carbons (Fsp3) is 0.286. The SMILES string of the molecule is O=[N+]([O-])C1=CC=C(c2ccc([N+](=O)[O-])cc2)C(CO)(CO)C1. The van der Waals surface area contributed by atoms with Crippen LogP contribution in [0.25, 0.3) is 5.57 Å². The van der Waals surface area contributed by atoms with Crippen LogP contribution < -0.4 is 0 Å². The number of nitro benzene ring substituents is 1. The van der Waals surface area contributed by atoms with E-state index < -0.39 is 28.5 Å². The molecule has 0 radical (unpaired) electrons. The Bertz CT molecular complexity index is 658. The molecule has 0 spiro atoms. The summed E-state index contributed by atoms with van der Waals surface area (Å²) in [5.74, 6) is 0. The van der Waals surface area contributed by atoms with Crippen molar-refractivity contribution in [3.05, 3.63) is 67.9 Å². The average molecular weight is 306 g/mol. The van der Waals surface area contributed by atoms with Crippen LogP contribution in [0.5, 0.6) is 0 Å². The number of rotatable bonds is 5. The molecule has 0 aliphatic heterocycles. The molecule has 8 heteroatoms. The number of aliphatic hydroxyl groups excluding tert-OH is 2. The maximum absolute atomic E-state index is 10.9. The number of hydrogen-bond acceptors (Lipinski definition) is 6. The van der Waals surface area contributed by atoms with Crippen LogP contribution in [0.2, 0.25) is 0 Å². The van der Waals surface area contributed by atoms with E-state index in [1.807, 2.05) is 0 Å². The fourth-order valence-corrected chi connectivity index (χ4v) is 2.48. The van der Waals surface area contributed by atoms with E-state index in [9.17, 15) is 30.4 Å². The Labute approximate surface area is 125 Å². The lowest BCUT2D eigenvalue weighted by molar-refractivity contribution is -0.430. The minimum Gasteiger partial charge on any atom is -0.395 e. The summed E-state index contributed by atoms with van der Waals surface area (Å²) in [6.45, 7) is -0.949. The summed E-state index contributed by atoms with van der Waals surface area (Å²) in [7, 11) is 0. The maximum Gasteiger partial charge on any atom is 0.269 e. The van der Waals surface area contributed by atoms with Gasteiger partial charge in [0, 0.05) is 18.2 Å². The molecular weight excluding hydrogens is 292 g/mol. The Morgan fingerprint density at radius 3 is 2.05 bits per heavy atom. The minimum atomic E-state index is -1.19. The largest absolute Gasteiger partial charge is 0.395 e. The van der Waals surface area contributed by atoms with Crippen molar-refractivity contribution in [1.29, 1.82) is 0 Å². The second kappa shape index (κ2) is 6.04. The molecule has 1 aromatic carbocycles. The van der Waals surface area contributed by atoms with Crippen LogP contribution in [0.4, 0.5) is 5.69 Å². The number of nitro groups is 2. The number of aliphatic hydroxyl groups is 2. The van der Waals surface area contributed by atoms with E-state index in [1.54, 1.807) is 0 Å². The van der Waals surface area contributed by atoms with Gasteiger partial charge >= 0.3 is 0 Å². The van der Waals surface area contributed by atoms with Crippen molar-refractivity contribution in [2.24, 2.45) is 5.41 Å². The molecule has 0 heterocycles. The third-order valence-electron chi connectivity index (χ3n) is 3.76. The first-order chi connectivity index (χ1) is 10.4. The first kappa shape index (κ1) is 15.8. The lowest BCUT2D eigenvalue weighted by Gasteiger charge is -2.33. The molecule has 1 aliphatic carbocycles. The van der Waals surface area contributed by atoms with Gasteiger partial charge in [-0.05, 0) is 23.3 Å². The molecule has 0 saturated carbocycles. The Morgan fingerprint density at radius 1 is 1.00 bits per heavy atom. The molecule has 22 heavy (non-hydrogen) atoms. The van der Waals surface area contributed by atoms with Crippen molar-refractivity contribution >= 4 is 11.3 Å². The summed E-state index contributed by atoms with van der Waals surface area (Å²) in [4.78, 5) is 20.5. The summed E-state index contributed by atoms with van der Waals surface area (Å²) >= 11 is 0. The summed E-state index contributed by atoms with van der Waals surface area (Å²) in [6.07, 6.45) is 2.67. The van der Waals surface area contributed by atoms with Crippen molar-refractivity contribution in [3.8, 4) is 0 Å². The molecule has 0 amide bonds. The van der Waals surface area contributed by atoms with Gasteiger partial charge in [-0.3, -0.25) is 20.2 Å². The van der Waals surface area contributed by atoms with Gasteiger partial charge in [-0.25, -0.2) is 0 Å². The molecule has 0 bridgehead atoms. The van der Waals surface area contributed by atoms with Crippen LogP contribution >= 0.6 is 0 Å². The average Bonchev–Trinajstić information content (AvgIpc) is 2.54. The van der Waals surface area contributed by atoms with E-state index in [2.05, 4.69) is 0 Å². The molecule has 8 nitrogen and oxygen atoms in total. The zero-order chi connectivity index (χ0) is 16.3. The van der Waals surface area contributed by atoms with Gasteiger partial charge < -0.3 is 10.2 Å². The summed E-state index contributed by atoms with van der Waals surface area (Å²) in [6, 6.07) is 5.61. The van der Waals surface area contributed by atoms with Gasteiger partial charge in [-0.15, -0.1) is 0 Å². The molecule has 0 atom stereocenters. The van der Waals surface area contributed by atoms with Crippen molar-refractivity contribution in [2.75, 3.05) is 13.2 Å². The van der Waals surface area contributed by atoms with Gasteiger partial charge in [0.25, 0.3) is 5.69 Å². The lowest BCUT2D eigenvalue weighted by atomic mass is 9.72. The smallest absolute Gasteiger partial charge is 0.269 e. The van der Waals surface area contributed by atoms with Crippen LogP contribution in [0.3, 0.4) is 0 Å². The second-order valence-electron chi connectivity index (χ2n) is 5.07. The van der Waals surface area contributed by atoms with Gasteiger partial charge in [-0.2, -0.15) is 0 Å². The standard InChI is InChI=1S/C14H14N2O6/c17-8-14(9-18)7-12(16(21)22)5-6-13(14)10-1-3-11(4-2-10)15(19)20/h1-6,17-18H,7-9H2. The molecule has 0 saturated heterocycles. The van der Waals surface area contributed by atoms with Crippen molar-refractivity contribution < 1.29 is 20.1 Å². The summed E-state index contributed by atoms with van der Waals surface area (Å²) < 4.78 is 0. The minimum absolute atomic E-state index is 0.0831. The third kappa shape index (κ3) is 2.74. The Morgan fingerprint density at radius 2 is 1.59 bits per heavy atom. The summed E-state index contributed by atoms with van der Waals surface area (Å²) in [5, 5.41) is 40.9. The predicted molar refractivity (Wildman–Crippen MR) is 77.4 cm³/mol. The van der Waals surface area contributed by atoms with Gasteiger partial charge in [0.1, 0.15) is 0 Å². The third-order valence-corrected chi connectivity index (χ3v) is 3.76. The van der Waals surface area contributed by atoms with Crippen molar-refractivity contribution in [1.82, 2.24) is 0 Å². The van der Waals surface area contributed by atoms with Gasteiger partial charge in [0.2, 0.25) is 5.70 Å². The molecule has 1 aromatic rings. The number of benzene rings is 1. The van der Waals surface area contributed by atoms with Crippen molar-refractivity contribution in [3.63, 3.8) is 0 Å². The molecule has 0 fully saturated rings. The van der Waals surface area contributed by atoms with E-state index in [0.29, 0.717) is 11.1 Å². The van der Waals surface area contributed by atoms with Crippen molar-refractivity contribution in [2.45, 2.75) is 6.42 Å². The van der Waals surface area contributed by atoms with E-state index in [-0.39, 0.29) is 17.8 Å². The normalized spacial score (nSPS) is 16.6. The molecule has 1 aliphatic rings. The lowest BCUT2D eigenvalue weighted by Crippen LogP contribution is -2.34. The van der Waals surface area contributed by atoms with E-state index >= 15 is 0 Å². The highest BCUT2D eigenvalue weighted by Gasteiger charge is 2.40. The van der Waals surface area contributed by atoms with Gasteiger partial charge in [-0.1, -0.05) is 6.08 Å². The number of hydrogen-bond donors (Lipinski definition) is 2. The quantitative estimate of drug-likeness (QED) is 0.627. The summed E-state index contributed by atoms with van der Waals surface area (Å²) in [5.41, 5.74) is -0.299. The monoisotopic (exact) mass is 306 g/mol. The number of allylic oxidation sites excluding steroid dienone is 3. The van der Waals surface area contributed by atoms with Crippen LogP contribution in [-0.4, -0.2) is 33.3 Å². The Balaban J connectivity index is 2.49. The van der Waals surface area contributed by atoms with E-state index in [4.69, 9.17) is 0 Å². The second-order valence-corrected chi connectivity index (χ2v) is 5.07. The van der Waals surface area contributed by atoms with Crippen LogP contribution in [0, 0.1) is 25.6 Å². The zero-order valence-corrected chi connectivity index (χ0v) is 11.5. The first-order valence-corrected chi connectivity index (χ1v) is 6.46. The van der Waals surface area contributed by atoms with Crippen LogP contribution in [0.1, 0.15) is 12.0 Å². The van der Waals surface area contributed by atoms with E-state index in [0.717, 1.165) is 0 Å². The molecule has 2 N–H and O–H groups in total. The highest BCUT2D eigenvalue weighted by atomic mass is 16.6. The first-order valence-electron chi connectivity index (χ1n) is 6.46. The number of nitrogens with zero attached hydrogens (tertiary/aromatic N) is 2. The fourth-order valence-electron chi connectivity index (χ4n) is 2.48. The highest BCUT2D eigenvalue weighted by molar-refractivity contribution is 5.74. The predicted octanol–water partition coefficient (Wildman–Crippen LogP) is 1.51. The van der Waals surface area contributed by atoms with Crippen LogP contribution in [0.15, 0.2) is 42.1 Å². The van der Waals surface area contributed by atoms with Gasteiger partial charge in [0.05, 0.1) is 34.9 Å². The topological polar surface area (TPSA) is 127 Å². The Hall–Kier alpha value is -2.58. The molecular formula is C14H14N2O6. The van der Waals surface area contributed by atoms with E-state index in [1.165, 1.54) is 36.4 Å².